The minimum absolute atomic E-state index is 0.399. The summed E-state index contributed by atoms with van der Waals surface area (Å²) >= 11 is 0. The van der Waals surface area contributed by atoms with Gasteiger partial charge in [0.05, 0.1) is 25.7 Å². The fraction of sp³-hybridized carbons (Fsp3) is 1.00. The molecule has 1 rings (SSSR count). The van der Waals surface area contributed by atoms with Crippen LogP contribution >= 0.6 is 0 Å². The molecule has 96 valence electrons. The average molecular weight is 226 g/mol. The second kappa shape index (κ2) is 4.33. The van der Waals surface area contributed by atoms with Gasteiger partial charge in [0.15, 0.2) is 0 Å². The van der Waals surface area contributed by atoms with Crippen molar-refractivity contribution in [2.75, 3.05) is 20.1 Å². The lowest BCUT2D eigenvalue weighted by molar-refractivity contribution is -0.960. The third-order valence-corrected chi connectivity index (χ3v) is 4.45. The van der Waals surface area contributed by atoms with Crippen LogP contribution < -0.4 is 0 Å². The van der Waals surface area contributed by atoms with Crippen LogP contribution in [0.4, 0.5) is 0 Å². The smallest absolute Gasteiger partial charge is 0.0905 e. The van der Waals surface area contributed by atoms with E-state index in [9.17, 15) is 0 Å². The molecule has 0 radical (unpaired) electrons. The van der Waals surface area contributed by atoms with Gasteiger partial charge in [-0.15, -0.1) is 0 Å². The highest BCUT2D eigenvalue weighted by molar-refractivity contribution is 4.75. The van der Waals surface area contributed by atoms with E-state index in [0.29, 0.717) is 11.0 Å². The first-order valence-corrected chi connectivity index (χ1v) is 6.88. The lowest BCUT2D eigenvalue weighted by atomic mass is 9.79. The van der Waals surface area contributed by atoms with Crippen molar-refractivity contribution in [1.29, 1.82) is 0 Å². The molecule has 0 aromatic rings. The molecule has 0 aliphatic carbocycles. The maximum Gasteiger partial charge on any atom is 0.0905 e. The van der Waals surface area contributed by atoms with Gasteiger partial charge in [0.2, 0.25) is 0 Å². The van der Waals surface area contributed by atoms with Crippen molar-refractivity contribution < 1.29 is 4.48 Å². The topological polar surface area (TPSA) is 0 Å². The number of piperidine rings is 1. The van der Waals surface area contributed by atoms with E-state index in [1.807, 2.05) is 0 Å². The Morgan fingerprint density at radius 2 is 1.62 bits per heavy atom. The molecule has 0 N–H and O–H groups in total. The van der Waals surface area contributed by atoms with Crippen molar-refractivity contribution in [2.45, 2.75) is 66.3 Å². The second-order valence-corrected chi connectivity index (χ2v) is 8.25. The Labute approximate surface area is 103 Å². The van der Waals surface area contributed by atoms with E-state index in [-0.39, 0.29) is 0 Å². The van der Waals surface area contributed by atoms with Gasteiger partial charge in [-0.3, -0.25) is 0 Å². The number of hydrogen-bond acceptors (Lipinski definition) is 0. The quantitative estimate of drug-likeness (QED) is 0.591. The van der Waals surface area contributed by atoms with E-state index < -0.39 is 0 Å². The van der Waals surface area contributed by atoms with E-state index in [1.165, 1.54) is 36.8 Å². The summed E-state index contributed by atoms with van der Waals surface area (Å²) < 4.78 is 1.26. The highest BCUT2D eigenvalue weighted by Gasteiger charge is 2.41. The molecule has 1 heteroatoms. The molecule has 0 aromatic carbocycles. The van der Waals surface area contributed by atoms with E-state index >= 15 is 0 Å². The van der Waals surface area contributed by atoms with Crippen molar-refractivity contribution in [2.24, 2.45) is 11.3 Å². The summed E-state index contributed by atoms with van der Waals surface area (Å²) in [6.45, 7) is 17.1. The third kappa shape index (κ3) is 3.48. The zero-order valence-corrected chi connectivity index (χ0v) is 12.6. The van der Waals surface area contributed by atoms with Gasteiger partial charge in [0.1, 0.15) is 0 Å². The average Bonchev–Trinajstić information content (AvgIpc) is 1.98. The molecule has 0 amide bonds. The summed E-state index contributed by atoms with van der Waals surface area (Å²) in [6.07, 6.45) is 4.24. The summed E-state index contributed by atoms with van der Waals surface area (Å²) in [6, 6.07) is 0. The maximum absolute atomic E-state index is 2.45. The van der Waals surface area contributed by atoms with Crippen LogP contribution in [0.25, 0.3) is 0 Å². The lowest BCUT2D eigenvalue weighted by Crippen LogP contribution is -2.61. The fourth-order valence-corrected chi connectivity index (χ4v) is 3.12. The number of rotatable bonds is 1. The van der Waals surface area contributed by atoms with Gasteiger partial charge in [-0.05, 0) is 45.4 Å². The standard InChI is InChI=1S/C15H32N/c1-14(2,3)11-13-9-8-10-16(7,12-13)15(4,5)6/h13H,8-12H2,1-7H3/q+1. The molecule has 0 aromatic heterocycles. The molecule has 0 bridgehead atoms. The Bertz CT molecular complexity index is 231. The van der Waals surface area contributed by atoms with Crippen LogP contribution in [0.2, 0.25) is 0 Å². The second-order valence-electron chi connectivity index (χ2n) is 8.25. The number of likely N-dealkylation sites (tertiary alicyclic amines) is 1. The van der Waals surface area contributed by atoms with Gasteiger partial charge in [-0.25, -0.2) is 0 Å². The zero-order chi connectivity index (χ0) is 12.6. The SMILES string of the molecule is CC(C)(C)CC1CCC[N+](C)(C(C)(C)C)C1. The van der Waals surface area contributed by atoms with Crippen LogP contribution in [0.15, 0.2) is 0 Å². The molecule has 1 nitrogen and oxygen atoms in total. The summed E-state index contributed by atoms with van der Waals surface area (Å²) in [5.74, 6) is 0.929. The van der Waals surface area contributed by atoms with Crippen molar-refractivity contribution >= 4 is 0 Å². The normalized spacial score (nSPS) is 32.8. The van der Waals surface area contributed by atoms with E-state index in [2.05, 4.69) is 48.6 Å². The number of hydrogen-bond donors (Lipinski definition) is 0. The Morgan fingerprint density at radius 3 is 2.06 bits per heavy atom. The lowest BCUT2D eigenvalue weighted by Gasteiger charge is -2.51. The Morgan fingerprint density at radius 1 is 1.06 bits per heavy atom. The van der Waals surface area contributed by atoms with Crippen molar-refractivity contribution in [3.8, 4) is 0 Å². The van der Waals surface area contributed by atoms with Gasteiger partial charge < -0.3 is 4.48 Å². The predicted molar refractivity (Wildman–Crippen MR) is 72.5 cm³/mol. The first-order valence-electron chi connectivity index (χ1n) is 6.88. The van der Waals surface area contributed by atoms with Gasteiger partial charge in [0, 0.05) is 5.92 Å². The molecule has 1 heterocycles. The molecule has 0 saturated carbocycles. The third-order valence-electron chi connectivity index (χ3n) is 4.45. The van der Waals surface area contributed by atoms with E-state index in [4.69, 9.17) is 0 Å². The number of nitrogens with zero attached hydrogens (tertiary/aromatic N) is 1. The monoisotopic (exact) mass is 226 g/mol. The minimum atomic E-state index is 0.399. The molecule has 1 aliphatic rings. The summed E-state index contributed by atoms with van der Waals surface area (Å²) in [4.78, 5) is 0. The van der Waals surface area contributed by atoms with Crippen molar-refractivity contribution in [3.63, 3.8) is 0 Å². The molecule has 2 atom stereocenters. The Balaban J connectivity index is 2.67. The predicted octanol–water partition coefficient (Wildman–Crippen LogP) is 4.08. The number of quaternary nitrogens is 1. The van der Waals surface area contributed by atoms with Gasteiger partial charge in [-0.1, -0.05) is 20.8 Å². The molecular formula is C15H32N+. The van der Waals surface area contributed by atoms with Crippen LogP contribution in [0.3, 0.4) is 0 Å². The molecular weight excluding hydrogens is 194 g/mol. The van der Waals surface area contributed by atoms with Crippen LogP contribution in [0.5, 0.6) is 0 Å². The molecule has 1 aliphatic heterocycles. The van der Waals surface area contributed by atoms with Crippen LogP contribution in [-0.4, -0.2) is 30.2 Å². The van der Waals surface area contributed by atoms with Crippen molar-refractivity contribution in [1.82, 2.24) is 0 Å². The molecule has 0 spiro atoms. The fourth-order valence-electron chi connectivity index (χ4n) is 3.12. The van der Waals surface area contributed by atoms with Crippen LogP contribution in [-0.2, 0) is 0 Å². The minimum Gasteiger partial charge on any atom is -0.322 e. The zero-order valence-electron chi connectivity index (χ0n) is 12.6. The summed E-state index contributed by atoms with van der Waals surface area (Å²) in [5.41, 5.74) is 0.890. The van der Waals surface area contributed by atoms with Crippen molar-refractivity contribution in [3.05, 3.63) is 0 Å². The maximum atomic E-state index is 2.45. The Kier molecular flexibility index (Phi) is 3.79. The molecule has 1 fully saturated rings. The van der Waals surface area contributed by atoms with Crippen LogP contribution in [0, 0.1) is 11.3 Å². The molecule has 1 saturated heterocycles. The van der Waals surface area contributed by atoms with Gasteiger partial charge in [-0.2, -0.15) is 0 Å². The first kappa shape index (κ1) is 14.0. The highest BCUT2D eigenvalue weighted by atomic mass is 15.4. The Hall–Kier alpha value is -0.0400. The first-order chi connectivity index (χ1) is 7.04. The van der Waals surface area contributed by atoms with Gasteiger partial charge >= 0.3 is 0 Å². The van der Waals surface area contributed by atoms with Crippen LogP contribution in [0.1, 0.15) is 60.8 Å². The summed E-state index contributed by atoms with van der Waals surface area (Å²) in [5, 5.41) is 0. The summed E-state index contributed by atoms with van der Waals surface area (Å²) in [7, 11) is 2.45. The largest absolute Gasteiger partial charge is 0.322 e. The molecule has 2 unspecified atom stereocenters. The molecule has 16 heavy (non-hydrogen) atoms. The van der Waals surface area contributed by atoms with Gasteiger partial charge in [0.25, 0.3) is 0 Å². The van der Waals surface area contributed by atoms with E-state index in [0.717, 1.165) is 5.92 Å². The van der Waals surface area contributed by atoms with E-state index in [1.54, 1.807) is 0 Å². The highest BCUT2D eigenvalue weighted by Crippen LogP contribution is 2.36.